The Morgan fingerprint density at radius 1 is 1.35 bits per heavy atom. The van der Waals surface area contributed by atoms with E-state index < -0.39 is 5.97 Å². The molecule has 0 fully saturated rings. The molecule has 2 N–H and O–H groups in total. The molecule has 1 aromatic carbocycles. The number of nitrogens with one attached hydrogen (secondary N) is 1. The van der Waals surface area contributed by atoms with Crippen LogP contribution in [0.3, 0.4) is 0 Å². The molecule has 20 heavy (non-hydrogen) atoms. The van der Waals surface area contributed by atoms with Crippen LogP contribution in [0.2, 0.25) is 0 Å². The van der Waals surface area contributed by atoms with Gasteiger partial charge in [-0.25, -0.2) is 0 Å². The van der Waals surface area contributed by atoms with Crippen LogP contribution in [0.4, 0.5) is 0 Å². The summed E-state index contributed by atoms with van der Waals surface area (Å²) in [6.07, 6.45) is -0.266. The zero-order valence-corrected chi connectivity index (χ0v) is 11.1. The summed E-state index contributed by atoms with van der Waals surface area (Å²) in [6.45, 7) is 4.06. The van der Waals surface area contributed by atoms with E-state index in [4.69, 9.17) is 9.52 Å². The Bertz CT molecular complexity index is 801. The van der Waals surface area contributed by atoms with Crippen molar-refractivity contribution < 1.29 is 14.3 Å². The molecule has 0 unspecified atom stereocenters. The molecule has 6 nitrogen and oxygen atoms in total. The maximum atomic E-state index is 10.6. The molecule has 102 valence electrons. The highest BCUT2D eigenvalue weighted by atomic mass is 16.4. The Labute approximate surface area is 114 Å². The second-order valence-corrected chi connectivity index (χ2v) is 4.71. The molecule has 3 aromatic rings. The average molecular weight is 271 g/mol. The Morgan fingerprint density at radius 2 is 2.15 bits per heavy atom. The van der Waals surface area contributed by atoms with E-state index in [9.17, 15) is 4.79 Å². The van der Waals surface area contributed by atoms with Crippen LogP contribution in [0.15, 0.2) is 22.6 Å². The molecule has 3 rings (SSSR count). The van der Waals surface area contributed by atoms with Crippen LogP contribution in [0.25, 0.3) is 22.4 Å². The first kappa shape index (κ1) is 12.4. The lowest BCUT2D eigenvalue weighted by atomic mass is 10.1. The van der Waals surface area contributed by atoms with Crippen molar-refractivity contribution >= 4 is 16.9 Å². The van der Waals surface area contributed by atoms with E-state index in [1.54, 1.807) is 0 Å². The predicted octanol–water partition coefficient (Wildman–Crippen LogP) is 2.46. The van der Waals surface area contributed by atoms with Gasteiger partial charge in [-0.15, -0.1) is 10.2 Å². The van der Waals surface area contributed by atoms with E-state index in [1.807, 2.05) is 32.0 Å². The van der Waals surface area contributed by atoms with Crippen LogP contribution in [0.1, 0.15) is 17.1 Å². The number of benzene rings is 1. The lowest BCUT2D eigenvalue weighted by molar-refractivity contribution is -0.136. The highest BCUT2D eigenvalue weighted by Crippen LogP contribution is 2.27. The largest absolute Gasteiger partial charge is 0.481 e. The lowest BCUT2D eigenvalue weighted by Gasteiger charge is -1.96. The topological polar surface area (TPSA) is 92.0 Å². The van der Waals surface area contributed by atoms with Gasteiger partial charge in [0.2, 0.25) is 11.8 Å². The standard InChI is InChI=1S/C14H13N3O3/c1-7-8(2)15-11-4-3-9(5-10(7)11)14-17-16-12(20-14)6-13(18)19/h3-5,15H,6H2,1-2H3,(H,18,19). The smallest absolute Gasteiger partial charge is 0.312 e. The summed E-state index contributed by atoms with van der Waals surface area (Å²) in [5.74, 6) is -0.552. The van der Waals surface area contributed by atoms with Gasteiger partial charge in [-0.1, -0.05) is 0 Å². The second kappa shape index (κ2) is 4.48. The van der Waals surface area contributed by atoms with Crippen molar-refractivity contribution in [3.05, 3.63) is 35.3 Å². The van der Waals surface area contributed by atoms with E-state index in [0.717, 1.165) is 22.2 Å². The van der Waals surface area contributed by atoms with Gasteiger partial charge >= 0.3 is 5.97 Å². The van der Waals surface area contributed by atoms with Crippen LogP contribution in [-0.2, 0) is 11.2 Å². The van der Waals surface area contributed by atoms with Gasteiger partial charge in [-0.2, -0.15) is 0 Å². The van der Waals surface area contributed by atoms with E-state index in [-0.39, 0.29) is 12.3 Å². The van der Waals surface area contributed by atoms with Crippen molar-refractivity contribution in [1.29, 1.82) is 0 Å². The van der Waals surface area contributed by atoms with Gasteiger partial charge in [0.1, 0.15) is 6.42 Å². The minimum atomic E-state index is -0.993. The zero-order chi connectivity index (χ0) is 14.3. The fourth-order valence-electron chi connectivity index (χ4n) is 2.17. The van der Waals surface area contributed by atoms with E-state index in [0.29, 0.717) is 5.89 Å². The summed E-state index contributed by atoms with van der Waals surface area (Å²) in [5, 5.41) is 17.4. The highest BCUT2D eigenvalue weighted by molar-refractivity contribution is 5.87. The molecule has 0 aliphatic rings. The molecule has 0 saturated carbocycles. The highest BCUT2D eigenvalue weighted by Gasteiger charge is 2.13. The number of carboxylic acids is 1. The molecule has 0 radical (unpaired) electrons. The number of aromatic nitrogens is 3. The summed E-state index contributed by atoms with van der Waals surface area (Å²) in [7, 11) is 0. The first-order chi connectivity index (χ1) is 9.54. The Balaban J connectivity index is 2.03. The molecule has 2 heterocycles. The number of aliphatic carboxylic acids is 1. The van der Waals surface area contributed by atoms with Crippen LogP contribution in [0, 0.1) is 13.8 Å². The van der Waals surface area contributed by atoms with Crippen LogP contribution >= 0.6 is 0 Å². The third-order valence-corrected chi connectivity index (χ3v) is 3.32. The first-order valence-electron chi connectivity index (χ1n) is 6.18. The van der Waals surface area contributed by atoms with E-state index >= 15 is 0 Å². The lowest BCUT2D eigenvalue weighted by Crippen LogP contribution is -1.99. The molecule has 2 aromatic heterocycles. The van der Waals surface area contributed by atoms with E-state index in [1.165, 1.54) is 5.56 Å². The molecule has 6 heteroatoms. The quantitative estimate of drug-likeness (QED) is 0.763. The SMILES string of the molecule is Cc1[nH]c2ccc(-c3nnc(CC(=O)O)o3)cc2c1C. The number of nitrogens with zero attached hydrogens (tertiary/aromatic N) is 2. The molecule has 0 saturated heterocycles. The zero-order valence-electron chi connectivity index (χ0n) is 11.1. The third-order valence-electron chi connectivity index (χ3n) is 3.32. The summed E-state index contributed by atoms with van der Waals surface area (Å²) in [4.78, 5) is 13.9. The molecule has 0 spiro atoms. The summed E-state index contributed by atoms with van der Waals surface area (Å²) >= 11 is 0. The van der Waals surface area contributed by atoms with Gasteiger partial charge in [0.05, 0.1) is 0 Å². The van der Waals surface area contributed by atoms with Crippen molar-refractivity contribution in [2.75, 3.05) is 0 Å². The van der Waals surface area contributed by atoms with Crippen molar-refractivity contribution in [3.8, 4) is 11.5 Å². The number of aromatic amines is 1. The molecule has 0 bridgehead atoms. The number of aryl methyl sites for hydroxylation is 2. The maximum absolute atomic E-state index is 10.6. The molecular formula is C14H13N3O3. The number of carbonyl (C=O) groups is 1. The van der Waals surface area contributed by atoms with Gasteiger partial charge in [0.15, 0.2) is 0 Å². The van der Waals surface area contributed by atoms with Crippen molar-refractivity contribution in [2.24, 2.45) is 0 Å². The minimum Gasteiger partial charge on any atom is -0.481 e. The Kier molecular flexibility index (Phi) is 2.78. The van der Waals surface area contributed by atoms with E-state index in [2.05, 4.69) is 15.2 Å². The number of H-pyrrole nitrogens is 1. The van der Waals surface area contributed by atoms with Gasteiger partial charge < -0.3 is 14.5 Å². The number of rotatable bonds is 3. The van der Waals surface area contributed by atoms with Gasteiger partial charge in [0.25, 0.3) is 0 Å². The summed E-state index contributed by atoms with van der Waals surface area (Å²) < 4.78 is 5.36. The molecule has 0 aliphatic heterocycles. The van der Waals surface area contributed by atoms with Gasteiger partial charge in [0, 0.05) is 22.2 Å². The molecule has 0 aliphatic carbocycles. The van der Waals surface area contributed by atoms with Crippen LogP contribution in [0.5, 0.6) is 0 Å². The normalized spacial score (nSPS) is 11.1. The van der Waals surface area contributed by atoms with Crippen molar-refractivity contribution in [1.82, 2.24) is 15.2 Å². The van der Waals surface area contributed by atoms with Crippen LogP contribution in [-0.4, -0.2) is 26.3 Å². The van der Waals surface area contributed by atoms with Crippen LogP contribution < -0.4 is 0 Å². The average Bonchev–Trinajstić information content (AvgIpc) is 2.95. The number of hydrogen-bond acceptors (Lipinski definition) is 4. The third kappa shape index (κ3) is 2.05. The number of hydrogen-bond donors (Lipinski definition) is 2. The number of fused-ring (bicyclic) bond motifs is 1. The summed E-state index contributed by atoms with van der Waals surface area (Å²) in [5.41, 5.74) is 4.12. The predicted molar refractivity (Wildman–Crippen MR) is 72.4 cm³/mol. The minimum absolute atomic E-state index is 0.106. The number of carboxylic acid groups (broad SMARTS) is 1. The first-order valence-corrected chi connectivity index (χ1v) is 6.18. The Morgan fingerprint density at radius 3 is 2.90 bits per heavy atom. The second-order valence-electron chi connectivity index (χ2n) is 4.71. The summed E-state index contributed by atoms with van der Waals surface area (Å²) in [6, 6.07) is 5.79. The molecule has 0 amide bonds. The Hall–Kier alpha value is -2.63. The van der Waals surface area contributed by atoms with Gasteiger partial charge in [-0.05, 0) is 37.6 Å². The van der Waals surface area contributed by atoms with Gasteiger partial charge in [-0.3, -0.25) is 4.79 Å². The monoisotopic (exact) mass is 271 g/mol. The fraction of sp³-hybridized carbons (Fsp3) is 0.214. The van der Waals surface area contributed by atoms with Crippen molar-refractivity contribution in [3.63, 3.8) is 0 Å². The van der Waals surface area contributed by atoms with Crippen molar-refractivity contribution in [2.45, 2.75) is 20.3 Å². The molecule has 0 atom stereocenters. The molecular weight excluding hydrogens is 258 g/mol. The maximum Gasteiger partial charge on any atom is 0.312 e. The fourth-order valence-corrected chi connectivity index (χ4v) is 2.17.